The molecule has 1 amide bonds. The molecular weight excluding hydrogens is 345 g/mol. The third kappa shape index (κ3) is 4.31. The molecule has 1 unspecified atom stereocenters. The first kappa shape index (κ1) is 19.3. The van der Waals surface area contributed by atoms with E-state index in [1.165, 1.54) is 25.3 Å². The molecule has 0 bridgehead atoms. The van der Waals surface area contributed by atoms with Gasteiger partial charge in [-0.15, -0.1) is 0 Å². The van der Waals surface area contributed by atoms with Crippen molar-refractivity contribution in [2.75, 3.05) is 13.7 Å². The van der Waals surface area contributed by atoms with Crippen LogP contribution in [0.3, 0.4) is 0 Å². The summed E-state index contributed by atoms with van der Waals surface area (Å²) in [4.78, 5) is 35.7. The van der Waals surface area contributed by atoms with E-state index in [-0.39, 0.29) is 18.7 Å². The van der Waals surface area contributed by atoms with Crippen molar-refractivity contribution in [2.45, 2.75) is 19.4 Å². The van der Waals surface area contributed by atoms with Gasteiger partial charge in [0.25, 0.3) is 5.91 Å². The lowest BCUT2D eigenvalue weighted by Gasteiger charge is -2.15. The number of carbonyl (C=O) groups is 2. The maximum Gasteiger partial charge on any atom is 0.326 e. The van der Waals surface area contributed by atoms with Crippen LogP contribution in [0.1, 0.15) is 22.6 Å². The standard InChI is InChI=1S/C17H18FN3O5/c1-10-9-14(22)15(16(23)19-12(17(24)25)7-8-26-2)20-21(10)13-6-4-3-5-11(13)18/h3-6,9,12H,7-8H2,1-2H3,(H,19,23)(H,24,25). The lowest BCUT2D eigenvalue weighted by molar-refractivity contribution is -0.139. The Morgan fingerprint density at radius 3 is 2.69 bits per heavy atom. The van der Waals surface area contributed by atoms with Crippen molar-refractivity contribution >= 4 is 11.9 Å². The Morgan fingerprint density at radius 2 is 2.08 bits per heavy atom. The minimum atomic E-state index is -1.27. The Kier molecular flexibility index (Phi) is 6.18. The van der Waals surface area contributed by atoms with Crippen LogP contribution in [-0.4, -0.2) is 46.5 Å². The smallest absolute Gasteiger partial charge is 0.326 e. The number of hydrogen-bond donors (Lipinski definition) is 2. The molecule has 2 aromatic rings. The molecule has 0 radical (unpaired) electrons. The van der Waals surface area contributed by atoms with Gasteiger partial charge in [-0.05, 0) is 19.1 Å². The molecular formula is C17H18FN3O5. The number of benzene rings is 1. The van der Waals surface area contributed by atoms with E-state index in [4.69, 9.17) is 9.84 Å². The summed E-state index contributed by atoms with van der Waals surface area (Å²) in [6, 6.07) is 5.64. The second-order valence-electron chi connectivity index (χ2n) is 5.51. The van der Waals surface area contributed by atoms with Crippen molar-refractivity contribution in [3.63, 3.8) is 0 Å². The number of aliphatic carboxylic acids is 1. The number of rotatable bonds is 7. The van der Waals surface area contributed by atoms with Gasteiger partial charge in [-0.3, -0.25) is 9.59 Å². The van der Waals surface area contributed by atoms with Gasteiger partial charge in [0, 0.05) is 31.9 Å². The van der Waals surface area contributed by atoms with Gasteiger partial charge in [0.15, 0.2) is 5.69 Å². The lowest BCUT2D eigenvalue weighted by Crippen LogP contribution is -2.43. The third-order valence-corrected chi connectivity index (χ3v) is 3.62. The van der Waals surface area contributed by atoms with Crippen molar-refractivity contribution < 1.29 is 23.8 Å². The highest BCUT2D eigenvalue weighted by atomic mass is 19.1. The largest absolute Gasteiger partial charge is 0.480 e. The minimum Gasteiger partial charge on any atom is -0.480 e. The molecule has 0 fully saturated rings. The van der Waals surface area contributed by atoms with Gasteiger partial charge in [-0.1, -0.05) is 12.1 Å². The highest BCUT2D eigenvalue weighted by molar-refractivity contribution is 5.94. The molecule has 0 aliphatic rings. The van der Waals surface area contributed by atoms with Crippen LogP contribution in [0, 0.1) is 12.7 Å². The molecule has 2 rings (SSSR count). The number of aryl methyl sites for hydroxylation is 1. The number of nitrogens with one attached hydrogen (secondary N) is 1. The molecule has 9 heteroatoms. The number of amides is 1. The number of hydrogen-bond acceptors (Lipinski definition) is 5. The molecule has 2 N–H and O–H groups in total. The summed E-state index contributed by atoms with van der Waals surface area (Å²) < 4.78 is 19.9. The van der Waals surface area contributed by atoms with Gasteiger partial charge in [0.2, 0.25) is 5.43 Å². The number of carboxylic acids is 1. The number of nitrogens with zero attached hydrogens (tertiary/aromatic N) is 2. The van der Waals surface area contributed by atoms with E-state index in [9.17, 15) is 18.8 Å². The van der Waals surface area contributed by atoms with E-state index < -0.39 is 34.9 Å². The molecule has 0 saturated carbocycles. The van der Waals surface area contributed by atoms with Gasteiger partial charge >= 0.3 is 5.97 Å². The Hall–Kier alpha value is -3.07. The summed E-state index contributed by atoms with van der Waals surface area (Å²) in [6.07, 6.45) is 0.0188. The number of para-hydroxylation sites is 1. The van der Waals surface area contributed by atoms with Crippen LogP contribution >= 0.6 is 0 Å². The molecule has 1 heterocycles. The van der Waals surface area contributed by atoms with Crippen LogP contribution < -0.4 is 10.7 Å². The fraction of sp³-hybridized carbons (Fsp3) is 0.294. The highest BCUT2D eigenvalue weighted by Gasteiger charge is 2.23. The van der Waals surface area contributed by atoms with E-state index in [1.807, 2.05) is 0 Å². The van der Waals surface area contributed by atoms with E-state index in [0.717, 1.165) is 10.7 Å². The topological polar surface area (TPSA) is 111 Å². The summed E-state index contributed by atoms with van der Waals surface area (Å²) in [6.45, 7) is 1.65. The molecule has 26 heavy (non-hydrogen) atoms. The molecule has 1 atom stereocenters. The van der Waals surface area contributed by atoms with Crippen molar-refractivity contribution in [3.8, 4) is 5.69 Å². The van der Waals surface area contributed by atoms with Crippen LogP contribution in [0.25, 0.3) is 5.69 Å². The zero-order valence-electron chi connectivity index (χ0n) is 14.2. The van der Waals surface area contributed by atoms with Crippen LogP contribution in [0.4, 0.5) is 4.39 Å². The molecule has 0 saturated heterocycles. The van der Waals surface area contributed by atoms with Crippen molar-refractivity contribution in [2.24, 2.45) is 0 Å². The number of aromatic nitrogens is 2. The zero-order valence-corrected chi connectivity index (χ0v) is 14.2. The predicted octanol–water partition coefficient (Wildman–Crippen LogP) is 0.900. The van der Waals surface area contributed by atoms with E-state index >= 15 is 0 Å². The van der Waals surface area contributed by atoms with Crippen molar-refractivity contribution in [3.05, 3.63) is 57.8 Å². The Bertz CT molecular complexity index is 881. The van der Waals surface area contributed by atoms with Crippen LogP contribution in [0.15, 0.2) is 35.1 Å². The molecule has 1 aromatic carbocycles. The fourth-order valence-electron chi connectivity index (χ4n) is 2.29. The predicted molar refractivity (Wildman–Crippen MR) is 89.9 cm³/mol. The Balaban J connectivity index is 2.39. The number of halogens is 1. The first-order valence-electron chi connectivity index (χ1n) is 7.73. The first-order valence-corrected chi connectivity index (χ1v) is 7.73. The highest BCUT2D eigenvalue weighted by Crippen LogP contribution is 2.13. The quantitative estimate of drug-likeness (QED) is 0.756. The second-order valence-corrected chi connectivity index (χ2v) is 5.51. The average molecular weight is 363 g/mol. The SMILES string of the molecule is COCCC(NC(=O)c1nn(-c2ccccc2F)c(C)cc1=O)C(=O)O. The van der Waals surface area contributed by atoms with Gasteiger partial charge in [-0.25, -0.2) is 13.9 Å². The summed E-state index contributed by atoms with van der Waals surface area (Å²) in [7, 11) is 1.40. The molecule has 1 aromatic heterocycles. The minimum absolute atomic E-state index is 0.0188. The molecule has 0 spiro atoms. The molecule has 0 aliphatic carbocycles. The summed E-state index contributed by atoms with van der Waals surface area (Å²) in [5, 5.41) is 15.3. The fourth-order valence-corrected chi connectivity index (χ4v) is 2.29. The van der Waals surface area contributed by atoms with Crippen molar-refractivity contribution in [1.82, 2.24) is 15.1 Å². The molecule has 138 valence electrons. The summed E-state index contributed by atoms with van der Waals surface area (Å²) >= 11 is 0. The third-order valence-electron chi connectivity index (χ3n) is 3.62. The maximum absolute atomic E-state index is 14.0. The number of carboxylic acid groups (broad SMARTS) is 1. The number of ether oxygens (including phenoxy) is 1. The first-order chi connectivity index (χ1) is 12.3. The number of methoxy groups -OCH3 is 1. The monoisotopic (exact) mass is 363 g/mol. The average Bonchev–Trinajstić information content (AvgIpc) is 2.59. The second kappa shape index (κ2) is 8.34. The van der Waals surface area contributed by atoms with Crippen molar-refractivity contribution in [1.29, 1.82) is 0 Å². The van der Waals surface area contributed by atoms with Crippen LogP contribution in [0.5, 0.6) is 0 Å². The Labute approximate surface area is 148 Å². The molecule has 8 nitrogen and oxygen atoms in total. The lowest BCUT2D eigenvalue weighted by atomic mass is 10.2. The zero-order chi connectivity index (χ0) is 19.3. The summed E-state index contributed by atoms with van der Waals surface area (Å²) in [5.74, 6) is -2.80. The van der Waals surface area contributed by atoms with Crippen LogP contribution in [-0.2, 0) is 9.53 Å². The van der Waals surface area contributed by atoms with E-state index in [1.54, 1.807) is 13.0 Å². The van der Waals surface area contributed by atoms with Gasteiger partial charge < -0.3 is 15.2 Å². The van der Waals surface area contributed by atoms with Gasteiger partial charge in [-0.2, -0.15) is 5.10 Å². The molecule has 0 aliphatic heterocycles. The summed E-state index contributed by atoms with van der Waals surface area (Å²) in [5.41, 5.74) is -0.829. The van der Waals surface area contributed by atoms with Gasteiger partial charge in [0.1, 0.15) is 17.5 Å². The Morgan fingerprint density at radius 1 is 1.38 bits per heavy atom. The van der Waals surface area contributed by atoms with E-state index in [2.05, 4.69) is 10.4 Å². The van der Waals surface area contributed by atoms with Gasteiger partial charge in [0.05, 0.1) is 0 Å². The van der Waals surface area contributed by atoms with E-state index in [0.29, 0.717) is 5.69 Å². The van der Waals surface area contributed by atoms with Crippen LogP contribution in [0.2, 0.25) is 0 Å². The normalized spacial score (nSPS) is 11.8. The maximum atomic E-state index is 14.0. The number of carbonyl (C=O) groups excluding carboxylic acids is 1.